The lowest BCUT2D eigenvalue weighted by molar-refractivity contribution is -0.137. The molecule has 0 fully saturated rings. The molecule has 14 nitrogen and oxygen atoms in total. The predicted molar refractivity (Wildman–Crippen MR) is 149 cm³/mol. The third-order valence-corrected chi connectivity index (χ3v) is 5.88. The first-order valence-electron chi connectivity index (χ1n) is 13.5. The second-order valence-corrected chi connectivity index (χ2v) is 9.21. The molecule has 42 heavy (non-hydrogen) atoms. The van der Waals surface area contributed by atoms with Crippen molar-refractivity contribution in [1.82, 2.24) is 26.2 Å². The van der Waals surface area contributed by atoms with Crippen LogP contribution in [0.15, 0.2) is 42.5 Å². The van der Waals surface area contributed by atoms with Gasteiger partial charge in [0.25, 0.3) is 11.8 Å². The number of imide groups is 1. The summed E-state index contributed by atoms with van der Waals surface area (Å²) in [5.41, 5.74) is 0.894. The average molecular weight is 588 g/mol. The van der Waals surface area contributed by atoms with Crippen LogP contribution in [0.1, 0.15) is 25.3 Å². The summed E-state index contributed by atoms with van der Waals surface area (Å²) in [7, 11) is 0. The first-order valence-corrected chi connectivity index (χ1v) is 13.5. The molecule has 0 aromatic heterocycles. The Bertz CT molecular complexity index is 1120. The number of rotatable bonds is 20. The quantitative estimate of drug-likeness (QED) is 0.103. The van der Waals surface area contributed by atoms with E-state index in [9.17, 15) is 33.6 Å². The molecule has 2 rings (SSSR count). The first kappa shape index (κ1) is 33.8. The number of amides is 6. The minimum absolute atomic E-state index is 0.00192. The normalized spacial score (nSPS) is 13.0. The van der Waals surface area contributed by atoms with Crippen molar-refractivity contribution in [2.45, 2.75) is 32.2 Å². The molecule has 228 valence electrons. The van der Waals surface area contributed by atoms with Crippen molar-refractivity contribution in [1.29, 1.82) is 0 Å². The van der Waals surface area contributed by atoms with Crippen LogP contribution in [-0.4, -0.2) is 105 Å². The first-order chi connectivity index (χ1) is 20.2. The number of carbonyl (C=O) groups excluding carboxylic acids is 7. The number of nitrogens with one attached hydrogen (secondary N) is 4. The highest BCUT2D eigenvalue weighted by atomic mass is 16.5. The number of hydrogen-bond donors (Lipinski definition) is 4. The van der Waals surface area contributed by atoms with E-state index < -0.39 is 35.6 Å². The molecule has 0 saturated heterocycles. The molecule has 0 spiro atoms. The van der Waals surface area contributed by atoms with Crippen LogP contribution in [0.2, 0.25) is 0 Å². The Balaban J connectivity index is 1.43. The second-order valence-electron chi connectivity index (χ2n) is 9.21. The fraction of sp³-hybridized carbons (Fsp3) is 0.464. The van der Waals surface area contributed by atoms with Crippen LogP contribution in [0.3, 0.4) is 0 Å². The van der Waals surface area contributed by atoms with Gasteiger partial charge in [-0.05, 0) is 18.9 Å². The lowest BCUT2D eigenvalue weighted by atomic mass is 10.0. The molecule has 0 aliphatic carbocycles. The third kappa shape index (κ3) is 13.8. The van der Waals surface area contributed by atoms with Gasteiger partial charge in [-0.3, -0.25) is 38.5 Å². The fourth-order valence-corrected chi connectivity index (χ4v) is 3.60. The molecular formula is C28H37N5O9. The molecule has 0 saturated carbocycles. The molecule has 4 N–H and O–H groups in total. The summed E-state index contributed by atoms with van der Waals surface area (Å²) < 4.78 is 10.6. The van der Waals surface area contributed by atoms with Crippen LogP contribution in [0.4, 0.5) is 0 Å². The molecule has 0 radical (unpaired) electrons. The van der Waals surface area contributed by atoms with Crippen molar-refractivity contribution >= 4 is 41.2 Å². The SMILES string of the molecule is CC(=O)[C@H](Cc1ccccc1)NC(=O)CNC(=O)CNC(=O)CCOCCOCCNC(=O)CCN1C(=O)C=CC1=O. The van der Waals surface area contributed by atoms with Gasteiger partial charge in [-0.2, -0.15) is 0 Å². The zero-order chi connectivity index (χ0) is 30.7. The molecule has 1 aliphatic rings. The summed E-state index contributed by atoms with van der Waals surface area (Å²) in [5.74, 6) is -2.87. The fourth-order valence-electron chi connectivity index (χ4n) is 3.60. The van der Waals surface area contributed by atoms with Gasteiger partial charge in [0.2, 0.25) is 23.6 Å². The van der Waals surface area contributed by atoms with Crippen molar-refractivity contribution < 1.29 is 43.0 Å². The van der Waals surface area contributed by atoms with E-state index >= 15 is 0 Å². The smallest absolute Gasteiger partial charge is 0.253 e. The summed E-state index contributed by atoms with van der Waals surface area (Å²) in [6.45, 7) is 1.78. The standard InChI is InChI=1S/C28H37N5O9/c1-20(34)22(17-21-5-3-2-4-6-21)32-26(38)19-31-25(37)18-30-24(36)10-13-41-15-16-42-14-11-29-23(35)9-12-33-27(39)7-8-28(33)40/h2-8,22H,9-19H2,1H3,(H,29,35)(H,30,36)(H,31,37)(H,32,38)/t22-/m0/s1. The number of Topliss-reactive ketones (excluding diaryl/α,β-unsaturated/α-hetero) is 1. The van der Waals surface area contributed by atoms with Gasteiger partial charge in [-0.1, -0.05) is 30.3 Å². The van der Waals surface area contributed by atoms with E-state index in [0.29, 0.717) is 6.42 Å². The molecule has 1 heterocycles. The average Bonchev–Trinajstić information content (AvgIpc) is 3.29. The lowest BCUT2D eigenvalue weighted by Gasteiger charge is -2.16. The zero-order valence-electron chi connectivity index (χ0n) is 23.5. The number of carbonyl (C=O) groups is 7. The van der Waals surface area contributed by atoms with Crippen molar-refractivity contribution in [3.63, 3.8) is 0 Å². The Morgan fingerprint density at radius 3 is 2.00 bits per heavy atom. The van der Waals surface area contributed by atoms with E-state index in [1.54, 1.807) is 0 Å². The Labute approximate surface area is 243 Å². The van der Waals surface area contributed by atoms with Crippen molar-refractivity contribution in [2.24, 2.45) is 0 Å². The number of benzene rings is 1. The highest BCUT2D eigenvalue weighted by Crippen LogP contribution is 2.05. The van der Waals surface area contributed by atoms with Crippen LogP contribution in [0.25, 0.3) is 0 Å². The third-order valence-electron chi connectivity index (χ3n) is 5.88. The summed E-state index contributed by atoms with van der Waals surface area (Å²) in [5, 5.41) is 10.0. The van der Waals surface area contributed by atoms with Crippen LogP contribution in [0.5, 0.6) is 0 Å². The Hall–Kier alpha value is -4.43. The van der Waals surface area contributed by atoms with Gasteiger partial charge in [0, 0.05) is 38.1 Å². The maximum absolute atomic E-state index is 12.2. The molecule has 0 bridgehead atoms. The summed E-state index contributed by atoms with van der Waals surface area (Å²) in [6.07, 6.45) is 2.67. The Morgan fingerprint density at radius 2 is 1.33 bits per heavy atom. The Kier molecular flexibility index (Phi) is 15.1. The topological polar surface area (TPSA) is 189 Å². The molecule has 14 heteroatoms. The maximum atomic E-state index is 12.2. The number of ketones is 1. The summed E-state index contributed by atoms with van der Waals surface area (Å²) >= 11 is 0. The van der Waals surface area contributed by atoms with Crippen LogP contribution < -0.4 is 21.3 Å². The van der Waals surface area contributed by atoms with Crippen LogP contribution >= 0.6 is 0 Å². The maximum Gasteiger partial charge on any atom is 0.253 e. The highest BCUT2D eigenvalue weighted by molar-refractivity contribution is 6.13. The summed E-state index contributed by atoms with van der Waals surface area (Å²) in [4.78, 5) is 83.5. The molecule has 1 atom stereocenters. The van der Waals surface area contributed by atoms with Crippen LogP contribution in [-0.2, 0) is 49.5 Å². The van der Waals surface area contributed by atoms with Gasteiger partial charge in [0.15, 0.2) is 5.78 Å². The second kappa shape index (κ2) is 18.8. The van der Waals surface area contributed by atoms with E-state index in [-0.39, 0.29) is 77.1 Å². The van der Waals surface area contributed by atoms with E-state index in [1.807, 2.05) is 30.3 Å². The molecule has 0 unspecified atom stereocenters. The van der Waals surface area contributed by atoms with Crippen LogP contribution in [0, 0.1) is 0 Å². The monoisotopic (exact) mass is 587 g/mol. The van der Waals surface area contributed by atoms with E-state index in [4.69, 9.17) is 9.47 Å². The van der Waals surface area contributed by atoms with Crippen molar-refractivity contribution in [3.8, 4) is 0 Å². The van der Waals surface area contributed by atoms with E-state index in [0.717, 1.165) is 22.6 Å². The van der Waals surface area contributed by atoms with Gasteiger partial charge in [-0.15, -0.1) is 0 Å². The molecule has 1 aromatic rings. The number of nitrogens with zero attached hydrogens (tertiary/aromatic N) is 1. The summed E-state index contributed by atoms with van der Waals surface area (Å²) in [6, 6.07) is 8.53. The van der Waals surface area contributed by atoms with Gasteiger partial charge in [0.1, 0.15) is 0 Å². The largest absolute Gasteiger partial charge is 0.379 e. The van der Waals surface area contributed by atoms with Gasteiger partial charge >= 0.3 is 0 Å². The molecular weight excluding hydrogens is 550 g/mol. The minimum Gasteiger partial charge on any atom is -0.379 e. The van der Waals surface area contributed by atoms with Gasteiger partial charge < -0.3 is 30.7 Å². The zero-order valence-corrected chi connectivity index (χ0v) is 23.5. The van der Waals surface area contributed by atoms with E-state index in [2.05, 4.69) is 21.3 Å². The van der Waals surface area contributed by atoms with Gasteiger partial charge in [0.05, 0.1) is 45.6 Å². The van der Waals surface area contributed by atoms with Crippen molar-refractivity contribution in [2.75, 3.05) is 52.6 Å². The molecule has 1 aromatic carbocycles. The van der Waals surface area contributed by atoms with Gasteiger partial charge in [-0.25, -0.2) is 0 Å². The Morgan fingerprint density at radius 1 is 0.738 bits per heavy atom. The number of hydrogen-bond acceptors (Lipinski definition) is 9. The molecule has 6 amide bonds. The lowest BCUT2D eigenvalue weighted by Crippen LogP contribution is -2.47. The molecule has 1 aliphatic heterocycles. The van der Waals surface area contributed by atoms with Crippen molar-refractivity contribution in [3.05, 3.63) is 48.0 Å². The predicted octanol–water partition coefficient (Wildman–Crippen LogP) is -1.61. The minimum atomic E-state index is -0.710. The highest BCUT2D eigenvalue weighted by Gasteiger charge is 2.23. The number of ether oxygens (including phenoxy) is 2. The van der Waals surface area contributed by atoms with E-state index in [1.165, 1.54) is 6.92 Å².